The lowest BCUT2D eigenvalue weighted by molar-refractivity contribution is 0.306. The van der Waals surface area contributed by atoms with E-state index in [1.165, 1.54) is 5.69 Å². The van der Waals surface area contributed by atoms with Crippen molar-refractivity contribution in [2.24, 2.45) is 11.7 Å². The SMILES string of the molecule is CCOc1ccccc1N1CCC(N)C(C)C1C. The molecule has 18 heavy (non-hydrogen) atoms. The van der Waals surface area contributed by atoms with E-state index in [9.17, 15) is 0 Å². The van der Waals surface area contributed by atoms with Crippen LogP contribution in [0.5, 0.6) is 5.75 Å². The summed E-state index contributed by atoms with van der Waals surface area (Å²) in [7, 11) is 0. The summed E-state index contributed by atoms with van der Waals surface area (Å²) < 4.78 is 5.73. The number of nitrogens with zero attached hydrogens (tertiary/aromatic N) is 1. The van der Waals surface area contributed by atoms with Crippen molar-refractivity contribution in [3.8, 4) is 5.75 Å². The molecule has 1 aliphatic heterocycles. The summed E-state index contributed by atoms with van der Waals surface area (Å²) in [6, 6.07) is 9.06. The molecule has 2 rings (SSSR count). The molecule has 3 atom stereocenters. The summed E-state index contributed by atoms with van der Waals surface area (Å²) in [5.74, 6) is 1.49. The molecule has 1 aliphatic rings. The molecule has 3 heteroatoms. The van der Waals surface area contributed by atoms with Crippen LogP contribution in [0.2, 0.25) is 0 Å². The Labute approximate surface area is 110 Å². The molecular formula is C15H24N2O. The van der Waals surface area contributed by atoms with Crippen LogP contribution in [0.15, 0.2) is 24.3 Å². The van der Waals surface area contributed by atoms with E-state index in [-0.39, 0.29) is 0 Å². The van der Waals surface area contributed by atoms with Gasteiger partial charge < -0.3 is 15.4 Å². The largest absolute Gasteiger partial charge is 0.492 e. The molecule has 0 spiro atoms. The molecule has 0 radical (unpaired) electrons. The summed E-state index contributed by atoms with van der Waals surface area (Å²) in [6.07, 6.45) is 1.05. The lowest BCUT2D eigenvalue weighted by Crippen LogP contribution is -2.52. The van der Waals surface area contributed by atoms with Crippen LogP contribution in [0.1, 0.15) is 27.2 Å². The first-order valence-corrected chi connectivity index (χ1v) is 6.89. The van der Waals surface area contributed by atoms with Crippen molar-refractivity contribution < 1.29 is 4.74 Å². The summed E-state index contributed by atoms with van der Waals surface area (Å²) in [5.41, 5.74) is 7.35. The zero-order chi connectivity index (χ0) is 13.1. The second-order valence-electron chi connectivity index (χ2n) is 5.15. The highest BCUT2D eigenvalue weighted by Gasteiger charge is 2.31. The maximum absolute atomic E-state index is 6.15. The molecule has 0 aliphatic carbocycles. The van der Waals surface area contributed by atoms with Crippen LogP contribution in [0.25, 0.3) is 0 Å². The molecule has 1 fully saturated rings. The summed E-state index contributed by atoms with van der Waals surface area (Å²) in [4.78, 5) is 2.43. The van der Waals surface area contributed by atoms with Crippen LogP contribution in [-0.4, -0.2) is 25.2 Å². The molecule has 0 amide bonds. The van der Waals surface area contributed by atoms with Crippen molar-refractivity contribution in [3.05, 3.63) is 24.3 Å². The van der Waals surface area contributed by atoms with E-state index in [2.05, 4.69) is 30.9 Å². The molecular weight excluding hydrogens is 224 g/mol. The fourth-order valence-electron chi connectivity index (χ4n) is 2.71. The quantitative estimate of drug-likeness (QED) is 0.893. The van der Waals surface area contributed by atoms with E-state index in [1.807, 2.05) is 19.1 Å². The topological polar surface area (TPSA) is 38.5 Å². The van der Waals surface area contributed by atoms with Gasteiger partial charge in [-0.25, -0.2) is 0 Å². The van der Waals surface area contributed by atoms with Gasteiger partial charge in [-0.05, 0) is 38.3 Å². The van der Waals surface area contributed by atoms with E-state index in [0.717, 1.165) is 18.7 Å². The third-order valence-electron chi connectivity index (χ3n) is 4.11. The van der Waals surface area contributed by atoms with E-state index in [0.29, 0.717) is 24.6 Å². The van der Waals surface area contributed by atoms with Crippen LogP contribution in [0.3, 0.4) is 0 Å². The normalized spacial score (nSPS) is 28.2. The summed E-state index contributed by atoms with van der Waals surface area (Å²) in [5, 5.41) is 0. The standard InChI is InChI=1S/C15H24N2O/c1-4-18-15-8-6-5-7-14(15)17-10-9-13(16)11(2)12(17)3/h5-8,11-13H,4,9-10,16H2,1-3H3. The number of anilines is 1. The van der Waals surface area contributed by atoms with Crippen molar-refractivity contribution >= 4 is 5.69 Å². The van der Waals surface area contributed by atoms with Crippen molar-refractivity contribution in [1.82, 2.24) is 0 Å². The minimum atomic E-state index is 0.315. The minimum Gasteiger partial charge on any atom is -0.492 e. The van der Waals surface area contributed by atoms with Crippen molar-refractivity contribution in [2.45, 2.75) is 39.3 Å². The second kappa shape index (κ2) is 5.61. The number of piperidine rings is 1. The monoisotopic (exact) mass is 248 g/mol. The predicted octanol–water partition coefficient (Wildman–Crippen LogP) is 2.65. The highest BCUT2D eigenvalue weighted by molar-refractivity contribution is 5.59. The summed E-state index contributed by atoms with van der Waals surface area (Å²) >= 11 is 0. The van der Waals surface area contributed by atoms with Gasteiger partial charge in [0.2, 0.25) is 0 Å². The molecule has 0 aromatic heterocycles. The highest BCUT2D eigenvalue weighted by atomic mass is 16.5. The zero-order valence-electron chi connectivity index (χ0n) is 11.6. The average Bonchev–Trinajstić information content (AvgIpc) is 2.38. The van der Waals surface area contributed by atoms with Crippen LogP contribution < -0.4 is 15.4 Å². The zero-order valence-corrected chi connectivity index (χ0v) is 11.6. The Kier molecular flexibility index (Phi) is 4.12. The number of hydrogen-bond donors (Lipinski definition) is 1. The number of para-hydroxylation sites is 2. The first-order chi connectivity index (χ1) is 8.65. The molecule has 1 saturated heterocycles. The third kappa shape index (κ3) is 2.46. The number of nitrogens with two attached hydrogens (primary N) is 1. The Balaban J connectivity index is 2.25. The highest BCUT2D eigenvalue weighted by Crippen LogP contribution is 2.34. The molecule has 2 N–H and O–H groups in total. The van der Waals surface area contributed by atoms with Gasteiger partial charge in [0.05, 0.1) is 12.3 Å². The molecule has 1 heterocycles. The molecule has 100 valence electrons. The van der Waals surface area contributed by atoms with Gasteiger partial charge in [0.1, 0.15) is 5.75 Å². The first-order valence-electron chi connectivity index (χ1n) is 6.89. The number of hydrogen-bond acceptors (Lipinski definition) is 3. The summed E-state index contributed by atoms with van der Waals surface area (Å²) in [6.45, 7) is 8.23. The lowest BCUT2D eigenvalue weighted by Gasteiger charge is -2.43. The van der Waals surface area contributed by atoms with Crippen molar-refractivity contribution in [2.75, 3.05) is 18.1 Å². The Morgan fingerprint density at radius 2 is 2.06 bits per heavy atom. The maximum Gasteiger partial charge on any atom is 0.142 e. The van der Waals surface area contributed by atoms with E-state index in [4.69, 9.17) is 10.5 Å². The Bertz CT molecular complexity index is 394. The van der Waals surface area contributed by atoms with E-state index >= 15 is 0 Å². The first kappa shape index (κ1) is 13.2. The Hall–Kier alpha value is -1.22. The van der Waals surface area contributed by atoms with Gasteiger partial charge in [0.25, 0.3) is 0 Å². The molecule has 1 aromatic carbocycles. The van der Waals surface area contributed by atoms with Crippen LogP contribution in [0.4, 0.5) is 5.69 Å². The number of benzene rings is 1. The fraction of sp³-hybridized carbons (Fsp3) is 0.600. The smallest absolute Gasteiger partial charge is 0.142 e. The lowest BCUT2D eigenvalue weighted by atomic mass is 9.87. The molecule has 0 saturated carbocycles. The van der Waals surface area contributed by atoms with Gasteiger partial charge in [-0.2, -0.15) is 0 Å². The van der Waals surface area contributed by atoms with E-state index in [1.54, 1.807) is 0 Å². The Morgan fingerprint density at radius 3 is 2.78 bits per heavy atom. The second-order valence-corrected chi connectivity index (χ2v) is 5.15. The molecule has 3 nitrogen and oxygen atoms in total. The third-order valence-corrected chi connectivity index (χ3v) is 4.11. The molecule has 3 unspecified atom stereocenters. The number of ether oxygens (including phenoxy) is 1. The fourth-order valence-corrected chi connectivity index (χ4v) is 2.71. The van der Waals surface area contributed by atoms with Crippen LogP contribution in [0, 0.1) is 5.92 Å². The van der Waals surface area contributed by atoms with Gasteiger partial charge in [-0.3, -0.25) is 0 Å². The molecule has 1 aromatic rings. The van der Waals surface area contributed by atoms with Crippen LogP contribution in [-0.2, 0) is 0 Å². The molecule has 0 bridgehead atoms. The van der Waals surface area contributed by atoms with Crippen molar-refractivity contribution in [1.29, 1.82) is 0 Å². The van der Waals surface area contributed by atoms with Gasteiger partial charge in [0.15, 0.2) is 0 Å². The maximum atomic E-state index is 6.15. The predicted molar refractivity (Wildman–Crippen MR) is 76.2 cm³/mol. The average molecular weight is 248 g/mol. The van der Waals surface area contributed by atoms with Gasteiger partial charge in [0, 0.05) is 18.6 Å². The van der Waals surface area contributed by atoms with Crippen LogP contribution >= 0.6 is 0 Å². The van der Waals surface area contributed by atoms with Gasteiger partial charge >= 0.3 is 0 Å². The Morgan fingerprint density at radius 1 is 1.33 bits per heavy atom. The number of rotatable bonds is 3. The van der Waals surface area contributed by atoms with Crippen molar-refractivity contribution in [3.63, 3.8) is 0 Å². The van der Waals surface area contributed by atoms with Gasteiger partial charge in [-0.1, -0.05) is 19.1 Å². The minimum absolute atomic E-state index is 0.315. The van der Waals surface area contributed by atoms with Gasteiger partial charge in [-0.15, -0.1) is 0 Å². The van der Waals surface area contributed by atoms with E-state index < -0.39 is 0 Å².